The van der Waals surface area contributed by atoms with Crippen molar-refractivity contribution in [3.05, 3.63) is 49.3 Å². The number of ether oxygens (including phenoxy) is 1. The van der Waals surface area contributed by atoms with E-state index in [4.69, 9.17) is 28.6 Å². The summed E-state index contributed by atoms with van der Waals surface area (Å²) in [6.45, 7) is 3.64. The van der Waals surface area contributed by atoms with E-state index >= 15 is 0 Å². The zero-order chi connectivity index (χ0) is 19.7. The molecule has 0 spiro atoms. The number of anilines is 1. The SMILES string of the molecule is CCc1cc2c(=O)n(C(C)C(=O)Nc3cc(Cl)ccc3OC)c(=S)[nH]c2s1. The highest BCUT2D eigenvalue weighted by atomic mass is 35.5. The summed E-state index contributed by atoms with van der Waals surface area (Å²) < 4.78 is 6.73. The summed E-state index contributed by atoms with van der Waals surface area (Å²) in [5.41, 5.74) is 0.139. The van der Waals surface area contributed by atoms with Crippen molar-refractivity contribution in [2.75, 3.05) is 12.4 Å². The first-order valence-corrected chi connectivity index (χ1v) is 9.87. The van der Waals surface area contributed by atoms with Gasteiger partial charge in [0.05, 0.1) is 18.2 Å². The molecule has 1 unspecified atom stereocenters. The standard InChI is InChI=1S/C18H18ClN3O3S2/c1-4-11-8-12-16(27-11)21-18(26)22(17(12)24)9(2)15(23)20-13-7-10(19)5-6-14(13)25-3/h5-9H,4H2,1-3H3,(H,20,23)(H,21,26). The molecule has 27 heavy (non-hydrogen) atoms. The van der Waals surface area contributed by atoms with Crippen LogP contribution in [-0.2, 0) is 11.2 Å². The normalized spacial score (nSPS) is 12.1. The molecule has 0 aliphatic rings. The minimum absolute atomic E-state index is 0.206. The van der Waals surface area contributed by atoms with E-state index in [1.54, 1.807) is 25.1 Å². The number of thiophene rings is 1. The van der Waals surface area contributed by atoms with Crippen molar-refractivity contribution in [3.8, 4) is 5.75 Å². The van der Waals surface area contributed by atoms with Crippen molar-refractivity contribution in [3.63, 3.8) is 0 Å². The molecule has 6 nitrogen and oxygen atoms in total. The maximum atomic E-state index is 12.9. The van der Waals surface area contributed by atoms with Crippen LogP contribution in [0.15, 0.2) is 29.1 Å². The molecule has 3 aromatic rings. The molecule has 142 valence electrons. The highest BCUT2D eigenvalue weighted by Gasteiger charge is 2.21. The molecule has 0 aliphatic heterocycles. The Morgan fingerprint density at radius 3 is 2.85 bits per heavy atom. The second kappa shape index (κ2) is 7.84. The summed E-state index contributed by atoms with van der Waals surface area (Å²) in [5.74, 6) is 0.0702. The predicted octanol–water partition coefficient (Wildman–Crippen LogP) is 4.54. The molecule has 1 atom stereocenters. The molecular formula is C18H18ClN3O3S2. The van der Waals surface area contributed by atoms with Gasteiger partial charge >= 0.3 is 0 Å². The maximum Gasteiger partial charge on any atom is 0.263 e. The molecule has 0 aliphatic carbocycles. The molecule has 0 bridgehead atoms. The van der Waals surface area contributed by atoms with Gasteiger partial charge < -0.3 is 15.0 Å². The van der Waals surface area contributed by atoms with E-state index in [2.05, 4.69) is 10.3 Å². The lowest BCUT2D eigenvalue weighted by Crippen LogP contribution is -2.32. The number of carbonyl (C=O) groups is 1. The van der Waals surface area contributed by atoms with Gasteiger partial charge in [0.15, 0.2) is 4.77 Å². The molecular weight excluding hydrogens is 406 g/mol. The summed E-state index contributed by atoms with van der Waals surface area (Å²) in [5, 5.41) is 3.74. The Morgan fingerprint density at radius 2 is 2.19 bits per heavy atom. The van der Waals surface area contributed by atoms with Crippen LogP contribution in [0.25, 0.3) is 10.2 Å². The van der Waals surface area contributed by atoms with E-state index in [0.29, 0.717) is 21.8 Å². The number of carbonyl (C=O) groups excluding carboxylic acids is 1. The van der Waals surface area contributed by atoms with Gasteiger partial charge in [0.2, 0.25) is 5.91 Å². The fourth-order valence-corrected chi connectivity index (χ4v) is 4.30. The van der Waals surface area contributed by atoms with E-state index in [9.17, 15) is 9.59 Å². The molecule has 9 heteroatoms. The fourth-order valence-electron chi connectivity index (χ4n) is 2.73. The number of amides is 1. The quantitative estimate of drug-likeness (QED) is 0.590. The highest BCUT2D eigenvalue weighted by molar-refractivity contribution is 7.71. The molecule has 2 N–H and O–H groups in total. The predicted molar refractivity (Wildman–Crippen MR) is 112 cm³/mol. The van der Waals surface area contributed by atoms with Crippen LogP contribution in [0, 0.1) is 4.77 Å². The monoisotopic (exact) mass is 423 g/mol. The number of aromatic nitrogens is 2. The average Bonchev–Trinajstić information content (AvgIpc) is 3.05. The maximum absolute atomic E-state index is 12.9. The number of fused-ring (bicyclic) bond motifs is 1. The van der Waals surface area contributed by atoms with Gasteiger partial charge in [-0.2, -0.15) is 0 Å². The Hall–Kier alpha value is -2.16. The average molecular weight is 424 g/mol. The fraction of sp³-hybridized carbons (Fsp3) is 0.278. The van der Waals surface area contributed by atoms with Crippen LogP contribution in [-0.4, -0.2) is 22.6 Å². The molecule has 0 saturated heterocycles. The second-order valence-corrected chi connectivity index (χ2v) is 7.88. The largest absolute Gasteiger partial charge is 0.495 e. The first-order chi connectivity index (χ1) is 12.8. The number of aromatic amines is 1. The number of nitrogens with one attached hydrogen (secondary N) is 2. The zero-order valence-electron chi connectivity index (χ0n) is 15.0. The van der Waals surface area contributed by atoms with Gasteiger partial charge in [-0.3, -0.25) is 14.2 Å². The van der Waals surface area contributed by atoms with E-state index in [-0.39, 0.29) is 10.3 Å². The number of nitrogens with zero attached hydrogens (tertiary/aromatic N) is 1. The van der Waals surface area contributed by atoms with Crippen molar-refractivity contribution < 1.29 is 9.53 Å². The lowest BCUT2D eigenvalue weighted by atomic mass is 10.2. The van der Waals surface area contributed by atoms with E-state index in [1.165, 1.54) is 23.0 Å². The van der Waals surface area contributed by atoms with Gasteiger partial charge in [-0.1, -0.05) is 18.5 Å². The summed E-state index contributed by atoms with van der Waals surface area (Å²) in [6, 6.07) is 5.93. The second-order valence-electron chi connectivity index (χ2n) is 5.92. The van der Waals surface area contributed by atoms with E-state index < -0.39 is 11.9 Å². The Kier molecular flexibility index (Phi) is 5.69. The molecule has 1 amide bonds. The highest BCUT2D eigenvalue weighted by Crippen LogP contribution is 2.28. The Labute approximate surface area is 169 Å². The number of halogens is 1. The summed E-state index contributed by atoms with van der Waals surface area (Å²) in [6.07, 6.45) is 0.823. The van der Waals surface area contributed by atoms with Crippen LogP contribution < -0.4 is 15.6 Å². The number of methoxy groups -OCH3 is 1. The lowest BCUT2D eigenvalue weighted by molar-refractivity contribution is -0.118. The number of benzene rings is 1. The van der Waals surface area contributed by atoms with Gasteiger partial charge in [0, 0.05) is 9.90 Å². The Bertz CT molecular complexity index is 1130. The van der Waals surface area contributed by atoms with Gasteiger partial charge in [-0.25, -0.2) is 0 Å². The number of rotatable bonds is 5. The van der Waals surface area contributed by atoms with Gasteiger partial charge in [-0.15, -0.1) is 11.3 Å². The first kappa shape index (κ1) is 19.6. The molecule has 0 saturated carbocycles. The third-order valence-electron chi connectivity index (χ3n) is 4.21. The lowest BCUT2D eigenvalue weighted by Gasteiger charge is -2.17. The van der Waals surface area contributed by atoms with Crippen molar-refractivity contribution in [2.24, 2.45) is 0 Å². The van der Waals surface area contributed by atoms with Crippen molar-refractivity contribution >= 4 is 57.0 Å². The van der Waals surface area contributed by atoms with Crippen molar-refractivity contribution in [1.29, 1.82) is 0 Å². The van der Waals surface area contributed by atoms with Crippen LogP contribution >= 0.6 is 35.2 Å². The number of hydrogen-bond acceptors (Lipinski definition) is 5. The molecule has 0 fully saturated rings. The molecule has 2 aromatic heterocycles. The Morgan fingerprint density at radius 1 is 1.44 bits per heavy atom. The minimum atomic E-state index is -0.820. The van der Waals surface area contributed by atoms with Crippen molar-refractivity contribution in [1.82, 2.24) is 9.55 Å². The zero-order valence-corrected chi connectivity index (χ0v) is 17.3. The first-order valence-electron chi connectivity index (χ1n) is 8.27. The number of hydrogen-bond donors (Lipinski definition) is 2. The number of H-pyrrole nitrogens is 1. The summed E-state index contributed by atoms with van der Waals surface area (Å²) in [4.78, 5) is 30.5. The van der Waals surface area contributed by atoms with Crippen LogP contribution in [0.1, 0.15) is 24.8 Å². The van der Waals surface area contributed by atoms with Gasteiger partial charge in [-0.05, 0) is 49.8 Å². The topological polar surface area (TPSA) is 76.1 Å². The molecule has 2 heterocycles. The van der Waals surface area contributed by atoms with E-state index in [1.807, 2.05) is 13.0 Å². The van der Waals surface area contributed by atoms with Crippen LogP contribution in [0.4, 0.5) is 5.69 Å². The van der Waals surface area contributed by atoms with Crippen LogP contribution in [0.2, 0.25) is 5.02 Å². The van der Waals surface area contributed by atoms with Crippen molar-refractivity contribution in [2.45, 2.75) is 26.3 Å². The number of aryl methyl sites for hydroxylation is 1. The van der Waals surface area contributed by atoms with E-state index in [0.717, 1.165) is 16.1 Å². The van der Waals surface area contributed by atoms with Gasteiger partial charge in [0.25, 0.3) is 5.56 Å². The Balaban J connectivity index is 1.99. The smallest absolute Gasteiger partial charge is 0.263 e. The third kappa shape index (κ3) is 3.78. The summed E-state index contributed by atoms with van der Waals surface area (Å²) in [7, 11) is 1.50. The molecule has 3 rings (SSSR count). The summed E-state index contributed by atoms with van der Waals surface area (Å²) >= 11 is 12.8. The van der Waals surface area contributed by atoms with Crippen LogP contribution in [0.5, 0.6) is 5.75 Å². The molecule has 0 radical (unpaired) electrons. The van der Waals surface area contributed by atoms with Gasteiger partial charge in [0.1, 0.15) is 16.6 Å². The minimum Gasteiger partial charge on any atom is -0.495 e. The third-order valence-corrected chi connectivity index (χ3v) is 5.93. The molecule has 1 aromatic carbocycles. The van der Waals surface area contributed by atoms with Crippen LogP contribution in [0.3, 0.4) is 0 Å².